The van der Waals surface area contributed by atoms with Crippen LogP contribution in [0.3, 0.4) is 0 Å². The van der Waals surface area contributed by atoms with Gasteiger partial charge in [0.05, 0.1) is 11.6 Å². The quantitative estimate of drug-likeness (QED) is 0.876. The van der Waals surface area contributed by atoms with Crippen LogP contribution in [0.5, 0.6) is 5.75 Å². The van der Waals surface area contributed by atoms with E-state index >= 15 is 0 Å². The van der Waals surface area contributed by atoms with Crippen LogP contribution in [0.1, 0.15) is 16.7 Å². The minimum absolute atomic E-state index is 0.404. The minimum atomic E-state index is 0.404. The van der Waals surface area contributed by atoms with E-state index in [1.807, 2.05) is 31.2 Å². The number of ether oxygens (including phenoxy) is 1. The standard InChI is InChI=1S/C15H13BrN2O/c1-10-5-6-11(8-17)7-14(10)19-9-12-3-2-4-13(18)15(12)16/h2-7H,9,18H2,1H3. The van der Waals surface area contributed by atoms with E-state index in [9.17, 15) is 0 Å². The first-order chi connectivity index (χ1) is 9.11. The first kappa shape index (κ1) is 13.4. The Morgan fingerprint density at radius 1 is 1.32 bits per heavy atom. The Labute approximate surface area is 120 Å². The molecule has 96 valence electrons. The van der Waals surface area contributed by atoms with Gasteiger partial charge in [-0.1, -0.05) is 18.2 Å². The zero-order valence-electron chi connectivity index (χ0n) is 10.5. The second-order valence-corrected chi connectivity index (χ2v) is 4.99. The lowest BCUT2D eigenvalue weighted by atomic mass is 10.1. The van der Waals surface area contributed by atoms with Gasteiger partial charge < -0.3 is 10.5 Å². The van der Waals surface area contributed by atoms with Crippen molar-refractivity contribution in [3.63, 3.8) is 0 Å². The van der Waals surface area contributed by atoms with Crippen molar-refractivity contribution >= 4 is 21.6 Å². The van der Waals surface area contributed by atoms with Crippen LogP contribution in [0.2, 0.25) is 0 Å². The summed E-state index contributed by atoms with van der Waals surface area (Å²) in [5.74, 6) is 0.716. The van der Waals surface area contributed by atoms with Crippen molar-refractivity contribution in [1.82, 2.24) is 0 Å². The highest BCUT2D eigenvalue weighted by molar-refractivity contribution is 9.10. The summed E-state index contributed by atoms with van der Waals surface area (Å²) in [6.45, 7) is 2.35. The predicted molar refractivity (Wildman–Crippen MR) is 78.8 cm³/mol. The van der Waals surface area contributed by atoms with Crippen molar-refractivity contribution in [2.75, 3.05) is 5.73 Å². The van der Waals surface area contributed by atoms with Gasteiger partial charge in [-0.05, 0) is 46.6 Å². The number of rotatable bonds is 3. The number of nitrogens with zero attached hydrogens (tertiary/aromatic N) is 1. The molecule has 0 atom stereocenters. The Bertz CT molecular complexity index is 647. The van der Waals surface area contributed by atoms with Gasteiger partial charge in [0.25, 0.3) is 0 Å². The highest BCUT2D eigenvalue weighted by atomic mass is 79.9. The number of nitrogens with two attached hydrogens (primary N) is 1. The summed E-state index contributed by atoms with van der Waals surface area (Å²) in [6, 6.07) is 13.2. The van der Waals surface area contributed by atoms with Gasteiger partial charge in [0.15, 0.2) is 0 Å². The van der Waals surface area contributed by atoms with Gasteiger partial charge in [-0.25, -0.2) is 0 Å². The second-order valence-electron chi connectivity index (χ2n) is 4.20. The number of nitriles is 1. The van der Waals surface area contributed by atoms with Crippen LogP contribution in [0.15, 0.2) is 40.9 Å². The molecule has 19 heavy (non-hydrogen) atoms. The molecular weight excluding hydrogens is 304 g/mol. The van der Waals surface area contributed by atoms with Gasteiger partial charge in [0, 0.05) is 15.7 Å². The van der Waals surface area contributed by atoms with Crippen molar-refractivity contribution in [1.29, 1.82) is 5.26 Å². The van der Waals surface area contributed by atoms with E-state index < -0.39 is 0 Å². The third-order valence-electron chi connectivity index (χ3n) is 2.81. The summed E-state index contributed by atoms with van der Waals surface area (Å²) in [5, 5.41) is 8.89. The lowest BCUT2D eigenvalue weighted by Crippen LogP contribution is -2.00. The summed E-state index contributed by atoms with van der Waals surface area (Å²) in [6.07, 6.45) is 0. The van der Waals surface area contributed by atoms with Gasteiger partial charge in [-0.15, -0.1) is 0 Å². The van der Waals surface area contributed by atoms with E-state index in [0.717, 1.165) is 15.6 Å². The van der Waals surface area contributed by atoms with Crippen LogP contribution < -0.4 is 10.5 Å². The molecule has 0 fully saturated rings. The fraction of sp³-hybridized carbons (Fsp3) is 0.133. The molecule has 0 bridgehead atoms. The Balaban J connectivity index is 2.19. The molecular formula is C15H13BrN2O. The molecule has 2 N–H and O–H groups in total. The van der Waals surface area contributed by atoms with Gasteiger partial charge in [-0.2, -0.15) is 5.26 Å². The lowest BCUT2D eigenvalue weighted by Gasteiger charge is -2.11. The molecule has 0 unspecified atom stereocenters. The maximum Gasteiger partial charge on any atom is 0.124 e. The maximum atomic E-state index is 8.89. The normalized spacial score (nSPS) is 9.95. The topological polar surface area (TPSA) is 59.0 Å². The van der Waals surface area contributed by atoms with Crippen LogP contribution in [0.25, 0.3) is 0 Å². The van der Waals surface area contributed by atoms with E-state index in [2.05, 4.69) is 22.0 Å². The molecule has 0 aliphatic rings. The molecule has 0 aliphatic carbocycles. The molecule has 3 nitrogen and oxygen atoms in total. The SMILES string of the molecule is Cc1ccc(C#N)cc1OCc1cccc(N)c1Br. The van der Waals surface area contributed by atoms with Gasteiger partial charge >= 0.3 is 0 Å². The molecule has 0 aliphatic heterocycles. The first-order valence-corrected chi connectivity index (χ1v) is 6.57. The maximum absolute atomic E-state index is 8.89. The van der Waals surface area contributed by atoms with Crippen molar-refractivity contribution in [3.05, 3.63) is 57.6 Å². The average Bonchev–Trinajstić information content (AvgIpc) is 2.42. The Morgan fingerprint density at radius 3 is 2.84 bits per heavy atom. The van der Waals surface area contributed by atoms with E-state index in [1.54, 1.807) is 12.1 Å². The smallest absolute Gasteiger partial charge is 0.124 e. The summed E-state index contributed by atoms with van der Waals surface area (Å²) in [7, 11) is 0. The predicted octanol–water partition coefficient (Wildman–Crippen LogP) is 3.79. The average molecular weight is 317 g/mol. The highest BCUT2D eigenvalue weighted by Crippen LogP contribution is 2.26. The summed E-state index contributed by atoms with van der Waals surface area (Å²) < 4.78 is 6.62. The first-order valence-electron chi connectivity index (χ1n) is 5.78. The van der Waals surface area contributed by atoms with Crippen molar-refractivity contribution < 1.29 is 4.74 Å². The fourth-order valence-electron chi connectivity index (χ4n) is 1.69. The Morgan fingerprint density at radius 2 is 2.11 bits per heavy atom. The van der Waals surface area contributed by atoms with E-state index in [0.29, 0.717) is 23.6 Å². The number of aryl methyl sites for hydroxylation is 1. The molecule has 4 heteroatoms. The number of benzene rings is 2. The van der Waals surface area contributed by atoms with E-state index in [-0.39, 0.29) is 0 Å². The van der Waals surface area contributed by atoms with Crippen molar-refractivity contribution in [2.45, 2.75) is 13.5 Å². The number of nitrogen functional groups attached to an aromatic ring is 1. The molecule has 0 spiro atoms. The zero-order valence-corrected chi connectivity index (χ0v) is 12.1. The third-order valence-corrected chi connectivity index (χ3v) is 3.78. The lowest BCUT2D eigenvalue weighted by molar-refractivity contribution is 0.303. The Kier molecular flexibility index (Phi) is 4.08. The molecule has 0 heterocycles. The minimum Gasteiger partial charge on any atom is -0.489 e. The molecule has 2 aromatic carbocycles. The summed E-state index contributed by atoms with van der Waals surface area (Å²) in [4.78, 5) is 0. The third kappa shape index (κ3) is 3.07. The van der Waals surface area contributed by atoms with Crippen LogP contribution >= 0.6 is 15.9 Å². The van der Waals surface area contributed by atoms with Crippen molar-refractivity contribution in [3.8, 4) is 11.8 Å². The molecule has 0 aromatic heterocycles. The highest BCUT2D eigenvalue weighted by Gasteiger charge is 2.06. The summed E-state index contributed by atoms with van der Waals surface area (Å²) >= 11 is 3.44. The monoisotopic (exact) mass is 316 g/mol. The van der Waals surface area contributed by atoms with Crippen LogP contribution in [-0.4, -0.2) is 0 Å². The molecule has 0 saturated carbocycles. The number of hydrogen-bond acceptors (Lipinski definition) is 3. The molecule has 0 saturated heterocycles. The van der Waals surface area contributed by atoms with E-state index in [4.69, 9.17) is 15.7 Å². The largest absolute Gasteiger partial charge is 0.489 e. The number of anilines is 1. The summed E-state index contributed by atoms with van der Waals surface area (Å²) in [5.41, 5.74) is 9.07. The van der Waals surface area contributed by atoms with Gasteiger partial charge in [0.1, 0.15) is 12.4 Å². The molecule has 0 radical (unpaired) electrons. The van der Waals surface area contributed by atoms with E-state index in [1.165, 1.54) is 0 Å². The van der Waals surface area contributed by atoms with Gasteiger partial charge in [0.2, 0.25) is 0 Å². The second kappa shape index (κ2) is 5.77. The van der Waals surface area contributed by atoms with Crippen LogP contribution in [0, 0.1) is 18.3 Å². The molecule has 2 aromatic rings. The number of hydrogen-bond donors (Lipinski definition) is 1. The number of halogens is 1. The zero-order chi connectivity index (χ0) is 13.8. The molecule has 2 rings (SSSR count). The molecule has 0 amide bonds. The fourth-order valence-corrected chi connectivity index (χ4v) is 2.07. The van der Waals surface area contributed by atoms with Crippen LogP contribution in [-0.2, 0) is 6.61 Å². The Hall–Kier alpha value is -1.99. The van der Waals surface area contributed by atoms with Crippen LogP contribution in [0.4, 0.5) is 5.69 Å². The van der Waals surface area contributed by atoms with Gasteiger partial charge in [-0.3, -0.25) is 0 Å². The van der Waals surface area contributed by atoms with Crippen molar-refractivity contribution in [2.24, 2.45) is 0 Å².